The van der Waals surface area contributed by atoms with E-state index in [9.17, 15) is 0 Å². The Hall–Kier alpha value is -0.530. The van der Waals surface area contributed by atoms with E-state index < -0.39 is 0 Å². The van der Waals surface area contributed by atoms with Crippen LogP contribution in [0.4, 0.5) is 0 Å². The lowest BCUT2D eigenvalue weighted by Gasteiger charge is -2.26. The van der Waals surface area contributed by atoms with Crippen molar-refractivity contribution in [3.05, 3.63) is 0 Å². The summed E-state index contributed by atoms with van der Waals surface area (Å²) in [5.41, 5.74) is 0.131. The molecule has 0 aliphatic rings. The lowest BCUT2D eigenvalue weighted by atomic mass is 9.82. The zero-order valence-electron chi connectivity index (χ0n) is 8.19. The summed E-state index contributed by atoms with van der Waals surface area (Å²) < 4.78 is 5.11. The highest BCUT2D eigenvalue weighted by molar-refractivity contribution is 5.75. The number of ether oxygens (including phenoxy) is 1. The van der Waals surface area contributed by atoms with Crippen molar-refractivity contribution in [1.82, 2.24) is 0 Å². The average Bonchev–Trinajstić information content (AvgIpc) is 1.85. The minimum absolute atomic E-state index is 0.131. The number of nitrogens with one attached hydrogen (secondary N) is 1. The molecule has 2 heteroatoms. The van der Waals surface area contributed by atoms with Crippen LogP contribution in [0.25, 0.3) is 0 Å². The second kappa shape index (κ2) is 3.74. The van der Waals surface area contributed by atoms with Crippen molar-refractivity contribution in [1.29, 1.82) is 5.41 Å². The molecule has 0 heterocycles. The fourth-order valence-electron chi connectivity index (χ4n) is 0.674. The molecule has 0 aromatic heterocycles. The van der Waals surface area contributed by atoms with Gasteiger partial charge in [-0.05, 0) is 12.3 Å². The molecule has 0 aromatic rings. The highest BCUT2D eigenvalue weighted by atomic mass is 16.5. The van der Waals surface area contributed by atoms with Gasteiger partial charge in [-0.3, -0.25) is 5.41 Å². The first-order chi connectivity index (χ1) is 4.89. The summed E-state index contributed by atoms with van der Waals surface area (Å²) in [5.74, 6) is 0.599. The molecule has 1 unspecified atom stereocenters. The fourth-order valence-corrected chi connectivity index (χ4v) is 0.674. The summed E-state index contributed by atoms with van der Waals surface area (Å²) in [5, 5.41) is 7.53. The number of hydrogen-bond donors (Lipinski definition) is 1. The monoisotopic (exact) mass is 157 g/mol. The third-order valence-corrected chi connectivity index (χ3v) is 1.99. The van der Waals surface area contributed by atoms with Crippen molar-refractivity contribution in [3.8, 4) is 0 Å². The van der Waals surface area contributed by atoms with Crippen molar-refractivity contribution >= 4 is 5.90 Å². The standard InChI is InChI=1S/C9H19NO/c1-6-11-8(10)7(2)9(3,4)5/h7,10H,6H2,1-5H3. The summed E-state index contributed by atoms with van der Waals surface area (Å²) in [6.45, 7) is 10.9. The summed E-state index contributed by atoms with van der Waals surface area (Å²) in [4.78, 5) is 0. The second-order valence-corrected chi connectivity index (χ2v) is 3.88. The molecule has 0 bridgehead atoms. The Morgan fingerprint density at radius 1 is 1.45 bits per heavy atom. The van der Waals surface area contributed by atoms with Crippen molar-refractivity contribution < 1.29 is 4.74 Å². The van der Waals surface area contributed by atoms with Gasteiger partial charge in [-0.1, -0.05) is 27.7 Å². The van der Waals surface area contributed by atoms with E-state index in [1.807, 2.05) is 13.8 Å². The molecular weight excluding hydrogens is 138 g/mol. The number of hydrogen-bond acceptors (Lipinski definition) is 2. The molecule has 0 aliphatic carbocycles. The van der Waals surface area contributed by atoms with E-state index in [4.69, 9.17) is 10.1 Å². The third kappa shape index (κ3) is 3.40. The van der Waals surface area contributed by atoms with Gasteiger partial charge < -0.3 is 4.74 Å². The fraction of sp³-hybridized carbons (Fsp3) is 0.889. The molecule has 0 amide bonds. The highest BCUT2D eigenvalue weighted by Crippen LogP contribution is 2.26. The van der Waals surface area contributed by atoms with Crippen molar-refractivity contribution in [2.45, 2.75) is 34.6 Å². The van der Waals surface area contributed by atoms with Crippen LogP contribution in [0, 0.1) is 16.7 Å². The van der Waals surface area contributed by atoms with Gasteiger partial charge in [-0.25, -0.2) is 0 Å². The minimum atomic E-state index is 0.131. The average molecular weight is 157 g/mol. The van der Waals surface area contributed by atoms with Gasteiger partial charge in [0.2, 0.25) is 0 Å². The second-order valence-electron chi connectivity index (χ2n) is 3.88. The third-order valence-electron chi connectivity index (χ3n) is 1.99. The van der Waals surface area contributed by atoms with Crippen molar-refractivity contribution in [2.24, 2.45) is 11.3 Å². The Morgan fingerprint density at radius 3 is 2.18 bits per heavy atom. The van der Waals surface area contributed by atoms with Crippen LogP contribution in [-0.2, 0) is 4.74 Å². The normalized spacial score (nSPS) is 14.3. The molecular formula is C9H19NO. The first kappa shape index (κ1) is 10.5. The molecule has 0 saturated carbocycles. The van der Waals surface area contributed by atoms with E-state index in [0.717, 1.165) is 0 Å². The Kier molecular flexibility index (Phi) is 3.56. The highest BCUT2D eigenvalue weighted by Gasteiger charge is 2.24. The van der Waals surface area contributed by atoms with Crippen LogP contribution >= 0.6 is 0 Å². The SMILES string of the molecule is CCOC(=N)C(C)C(C)(C)C. The first-order valence-corrected chi connectivity index (χ1v) is 4.10. The quantitative estimate of drug-likeness (QED) is 0.485. The lowest BCUT2D eigenvalue weighted by molar-refractivity contribution is 0.242. The Balaban J connectivity index is 4.03. The van der Waals surface area contributed by atoms with E-state index in [-0.39, 0.29) is 11.3 Å². The van der Waals surface area contributed by atoms with Crippen LogP contribution < -0.4 is 0 Å². The van der Waals surface area contributed by atoms with Gasteiger partial charge in [-0.15, -0.1) is 0 Å². The topological polar surface area (TPSA) is 33.1 Å². The molecule has 0 aromatic carbocycles. The zero-order chi connectivity index (χ0) is 9.07. The predicted molar refractivity (Wildman–Crippen MR) is 48.0 cm³/mol. The van der Waals surface area contributed by atoms with E-state index in [2.05, 4.69) is 20.8 Å². The van der Waals surface area contributed by atoms with E-state index >= 15 is 0 Å². The maximum atomic E-state index is 7.53. The van der Waals surface area contributed by atoms with Crippen LogP contribution in [0.15, 0.2) is 0 Å². The summed E-state index contributed by atoms with van der Waals surface area (Å²) in [7, 11) is 0. The van der Waals surface area contributed by atoms with E-state index in [1.165, 1.54) is 0 Å². The Morgan fingerprint density at radius 2 is 1.91 bits per heavy atom. The predicted octanol–water partition coefficient (Wildman–Crippen LogP) is 2.68. The summed E-state index contributed by atoms with van der Waals surface area (Å²) >= 11 is 0. The molecule has 0 saturated heterocycles. The lowest BCUT2D eigenvalue weighted by Crippen LogP contribution is -2.26. The number of rotatable bonds is 2. The molecule has 11 heavy (non-hydrogen) atoms. The van der Waals surface area contributed by atoms with Crippen LogP contribution in [-0.4, -0.2) is 12.5 Å². The van der Waals surface area contributed by atoms with Gasteiger partial charge >= 0.3 is 0 Å². The minimum Gasteiger partial charge on any atom is -0.481 e. The maximum Gasteiger partial charge on any atom is 0.183 e. The van der Waals surface area contributed by atoms with Gasteiger partial charge in [0, 0.05) is 5.92 Å². The molecule has 0 fully saturated rings. The summed E-state index contributed by atoms with van der Waals surface area (Å²) in [6, 6.07) is 0. The molecule has 66 valence electrons. The van der Waals surface area contributed by atoms with E-state index in [1.54, 1.807) is 0 Å². The maximum absolute atomic E-state index is 7.53. The largest absolute Gasteiger partial charge is 0.481 e. The molecule has 0 spiro atoms. The first-order valence-electron chi connectivity index (χ1n) is 4.10. The van der Waals surface area contributed by atoms with Gasteiger partial charge in [0.15, 0.2) is 5.90 Å². The van der Waals surface area contributed by atoms with Gasteiger partial charge in [0.1, 0.15) is 0 Å². The van der Waals surface area contributed by atoms with Crippen LogP contribution in [0.2, 0.25) is 0 Å². The van der Waals surface area contributed by atoms with Crippen molar-refractivity contribution in [2.75, 3.05) is 6.61 Å². The van der Waals surface area contributed by atoms with Crippen LogP contribution in [0.5, 0.6) is 0 Å². The Labute approximate surface area is 69.5 Å². The Bertz CT molecular complexity index is 135. The van der Waals surface area contributed by atoms with Gasteiger partial charge in [-0.2, -0.15) is 0 Å². The van der Waals surface area contributed by atoms with Crippen molar-refractivity contribution in [3.63, 3.8) is 0 Å². The molecule has 0 rings (SSSR count). The van der Waals surface area contributed by atoms with Crippen LogP contribution in [0.1, 0.15) is 34.6 Å². The van der Waals surface area contributed by atoms with Gasteiger partial charge in [0.25, 0.3) is 0 Å². The molecule has 1 N–H and O–H groups in total. The van der Waals surface area contributed by atoms with Crippen LogP contribution in [0.3, 0.4) is 0 Å². The van der Waals surface area contributed by atoms with Gasteiger partial charge in [0.05, 0.1) is 6.61 Å². The van der Waals surface area contributed by atoms with E-state index in [0.29, 0.717) is 12.5 Å². The smallest absolute Gasteiger partial charge is 0.183 e. The zero-order valence-corrected chi connectivity index (χ0v) is 8.19. The molecule has 0 aliphatic heterocycles. The summed E-state index contributed by atoms with van der Waals surface area (Å²) in [6.07, 6.45) is 0. The molecule has 2 nitrogen and oxygen atoms in total. The molecule has 1 atom stereocenters. The molecule has 0 radical (unpaired) electrons.